The highest BCUT2D eigenvalue weighted by atomic mass is 35.5. The van der Waals surface area contributed by atoms with Crippen LogP contribution in [0.25, 0.3) is 0 Å². The van der Waals surface area contributed by atoms with Crippen molar-refractivity contribution in [3.63, 3.8) is 0 Å². The number of benzene rings is 1. The molecule has 1 aromatic rings. The Morgan fingerprint density at radius 2 is 1.81 bits per heavy atom. The van der Waals surface area contributed by atoms with Crippen LogP contribution in [0.3, 0.4) is 0 Å². The van der Waals surface area contributed by atoms with E-state index in [1.165, 1.54) is 5.56 Å². The summed E-state index contributed by atoms with van der Waals surface area (Å²) < 4.78 is 0. The largest absolute Gasteiger partial charge is 0.346 e. The Balaban J connectivity index is 0.00000338. The highest BCUT2D eigenvalue weighted by molar-refractivity contribution is 5.96. The predicted octanol–water partition coefficient (Wildman–Crippen LogP) is 1.77. The number of rotatable bonds is 6. The number of hydrogen-bond acceptors (Lipinski definition) is 4. The molecule has 26 heavy (non-hydrogen) atoms. The van der Waals surface area contributed by atoms with Crippen molar-refractivity contribution in [2.75, 3.05) is 38.5 Å². The summed E-state index contributed by atoms with van der Waals surface area (Å²) in [6, 6.07) is 4.52. The summed E-state index contributed by atoms with van der Waals surface area (Å²) >= 11 is 0. The number of carbonyl (C=O) groups is 2. The second-order valence-electron chi connectivity index (χ2n) is 6.96. The number of nitrogens with zero attached hydrogens (tertiary/aromatic N) is 1. The van der Waals surface area contributed by atoms with Gasteiger partial charge in [0.05, 0.1) is 13.1 Å². The molecule has 3 N–H and O–H groups in total. The zero-order valence-electron chi connectivity index (χ0n) is 16.1. The first-order valence-electron chi connectivity index (χ1n) is 8.93. The molecule has 1 atom stereocenters. The van der Waals surface area contributed by atoms with Crippen molar-refractivity contribution in [2.24, 2.45) is 0 Å². The third-order valence-electron chi connectivity index (χ3n) is 4.67. The smallest absolute Gasteiger partial charge is 0.243 e. The molecule has 0 aromatic heterocycles. The number of nitrogens with one attached hydrogen (secondary N) is 3. The van der Waals surface area contributed by atoms with Gasteiger partial charge < -0.3 is 16.0 Å². The molecule has 1 aliphatic rings. The molecule has 0 aliphatic carbocycles. The summed E-state index contributed by atoms with van der Waals surface area (Å²) in [5.74, 6) is -0.306. The van der Waals surface area contributed by atoms with Crippen molar-refractivity contribution in [1.29, 1.82) is 0 Å². The van der Waals surface area contributed by atoms with E-state index in [0.717, 1.165) is 42.7 Å². The summed E-state index contributed by atoms with van der Waals surface area (Å²) in [4.78, 5) is 26.4. The third-order valence-corrected chi connectivity index (χ3v) is 4.67. The fourth-order valence-electron chi connectivity index (χ4n) is 3.43. The first-order valence-corrected chi connectivity index (χ1v) is 8.93. The van der Waals surface area contributed by atoms with Crippen molar-refractivity contribution in [3.8, 4) is 0 Å². The van der Waals surface area contributed by atoms with Crippen molar-refractivity contribution < 1.29 is 9.59 Å². The first-order chi connectivity index (χ1) is 11.9. The van der Waals surface area contributed by atoms with E-state index in [4.69, 9.17) is 0 Å². The van der Waals surface area contributed by atoms with Gasteiger partial charge in [-0.1, -0.05) is 17.7 Å². The monoisotopic (exact) mass is 382 g/mol. The summed E-state index contributed by atoms with van der Waals surface area (Å²) in [6.07, 6.45) is 2.23. The summed E-state index contributed by atoms with van der Waals surface area (Å²) in [5, 5.41) is 8.89. The number of aryl methyl sites for hydroxylation is 3. The maximum Gasteiger partial charge on any atom is 0.243 e. The molecule has 0 bridgehead atoms. The topological polar surface area (TPSA) is 73.5 Å². The second kappa shape index (κ2) is 10.5. The van der Waals surface area contributed by atoms with E-state index in [0.29, 0.717) is 12.6 Å². The molecule has 0 saturated carbocycles. The van der Waals surface area contributed by atoms with Gasteiger partial charge in [0.2, 0.25) is 11.8 Å². The Hall–Kier alpha value is -1.63. The Kier molecular flexibility index (Phi) is 9.05. The van der Waals surface area contributed by atoms with Gasteiger partial charge >= 0.3 is 0 Å². The molecular formula is C19H31ClN4O2. The molecule has 7 heteroatoms. The van der Waals surface area contributed by atoms with Crippen molar-refractivity contribution in [3.05, 3.63) is 28.8 Å². The van der Waals surface area contributed by atoms with Crippen LogP contribution in [-0.2, 0) is 9.59 Å². The normalized spacial score (nSPS) is 17.3. The van der Waals surface area contributed by atoms with E-state index >= 15 is 0 Å². The van der Waals surface area contributed by atoms with Gasteiger partial charge in [0, 0.05) is 18.3 Å². The van der Waals surface area contributed by atoms with Crippen molar-refractivity contribution >= 4 is 29.9 Å². The first kappa shape index (κ1) is 22.4. The molecule has 1 heterocycles. The Morgan fingerprint density at radius 1 is 1.15 bits per heavy atom. The number of halogens is 1. The van der Waals surface area contributed by atoms with Gasteiger partial charge in [-0.2, -0.15) is 0 Å². The molecule has 1 unspecified atom stereocenters. The average Bonchev–Trinajstić information content (AvgIpc) is 2.56. The molecule has 6 nitrogen and oxygen atoms in total. The maximum absolute atomic E-state index is 12.1. The van der Waals surface area contributed by atoms with Crippen LogP contribution < -0.4 is 16.0 Å². The Morgan fingerprint density at radius 3 is 2.42 bits per heavy atom. The molecule has 146 valence electrons. The van der Waals surface area contributed by atoms with Gasteiger partial charge in [-0.05, 0) is 58.3 Å². The molecule has 1 fully saturated rings. The summed E-state index contributed by atoms with van der Waals surface area (Å²) in [6.45, 7) is 8.12. The van der Waals surface area contributed by atoms with Gasteiger partial charge in [-0.15, -0.1) is 12.4 Å². The lowest BCUT2D eigenvalue weighted by atomic mass is 10.1. The minimum absolute atomic E-state index is 0. The van der Waals surface area contributed by atoms with Gasteiger partial charge in [-0.3, -0.25) is 14.5 Å². The number of piperidine rings is 1. The minimum Gasteiger partial charge on any atom is -0.346 e. The highest BCUT2D eigenvalue weighted by Gasteiger charge is 2.20. The number of hydrogen-bond donors (Lipinski definition) is 3. The molecule has 0 spiro atoms. The van der Waals surface area contributed by atoms with E-state index in [1.807, 2.05) is 40.0 Å². The van der Waals surface area contributed by atoms with Crippen molar-refractivity contribution in [1.82, 2.24) is 15.5 Å². The average molecular weight is 383 g/mol. The van der Waals surface area contributed by atoms with E-state index in [-0.39, 0.29) is 30.8 Å². The van der Waals surface area contributed by atoms with Crippen LogP contribution in [-0.4, -0.2) is 56.0 Å². The van der Waals surface area contributed by atoms with Crippen LogP contribution in [0.15, 0.2) is 12.1 Å². The highest BCUT2D eigenvalue weighted by Crippen LogP contribution is 2.21. The zero-order valence-corrected chi connectivity index (χ0v) is 17.0. The van der Waals surface area contributed by atoms with Gasteiger partial charge in [0.25, 0.3) is 0 Å². The predicted molar refractivity (Wildman–Crippen MR) is 108 cm³/mol. The van der Waals surface area contributed by atoms with Crippen LogP contribution in [0.4, 0.5) is 5.69 Å². The lowest BCUT2D eigenvalue weighted by Gasteiger charge is -2.31. The molecular weight excluding hydrogens is 352 g/mol. The molecule has 1 aliphatic heterocycles. The van der Waals surface area contributed by atoms with Crippen LogP contribution in [0.5, 0.6) is 0 Å². The maximum atomic E-state index is 12.1. The fraction of sp³-hybridized carbons (Fsp3) is 0.579. The van der Waals surface area contributed by atoms with Crippen LogP contribution in [0.1, 0.15) is 29.5 Å². The van der Waals surface area contributed by atoms with Crippen LogP contribution in [0, 0.1) is 20.8 Å². The molecule has 2 amide bonds. The van der Waals surface area contributed by atoms with E-state index < -0.39 is 0 Å². The standard InChI is InChI=1S/C19H30N4O2.ClH/c1-13-8-14(2)19(15(3)9-13)22-17(24)10-21-18(25)12-23-7-5-6-16(11-23)20-4;/h8-9,16,20H,5-7,10-12H2,1-4H3,(H,21,25)(H,22,24);1H. The van der Waals surface area contributed by atoms with E-state index in [9.17, 15) is 9.59 Å². The third kappa shape index (κ3) is 6.59. The number of carbonyl (C=O) groups excluding carboxylic acids is 2. The number of likely N-dealkylation sites (tertiary alicyclic amines) is 1. The molecule has 1 saturated heterocycles. The lowest BCUT2D eigenvalue weighted by molar-refractivity contribution is -0.125. The summed E-state index contributed by atoms with van der Waals surface area (Å²) in [7, 11) is 1.95. The van der Waals surface area contributed by atoms with Gasteiger partial charge in [-0.25, -0.2) is 0 Å². The Labute approximate surface area is 162 Å². The minimum atomic E-state index is -0.199. The zero-order chi connectivity index (χ0) is 18.4. The van der Waals surface area contributed by atoms with Gasteiger partial charge in [0.15, 0.2) is 0 Å². The van der Waals surface area contributed by atoms with Gasteiger partial charge in [0.1, 0.15) is 0 Å². The SMILES string of the molecule is CNC1CCCN(CC(=O)NCC(=O)Nc2c(C)cc(C)cc2C)C1.Cl. The Bertz CT molecular complexity index is 613. The lowest BCUT2D eigenvalue weighted by Crippen LogP contribution is -2.48. The number of anilines is 1. The number of amides is 2. The van der Waals surface area contributed by atoms with Crippen molar-refractivity contribution in [2.45, 2.75) is 39.7 Å². The van der Waals surface area contributed by atoms with E-state index in [1.54, 1.807) is 0 Å². The van der Waals surface area contributed by atoms with E-state index in [2.05, 4.69) is 20.9 Å². The molecule has 2 rings (SSSR count). The van der Waals surface area contributed by atoms with Crippen LogP contribution >= 0.6 is 12.4 Å². The molecule has 1 aromatic carbocycles. The number of likely N-dealkylation sites (N-methyl/N-ethyl adjacent to an activating group) is 1. The fourth-order valence-corrected chi connectivity index (χ4v) is 3.43. The second-order valence-corrected chi connectivity index (χ2v) is 6.96. The summed E-state index contributed by atoms with van der Waals surface area (Å²) in [5.41, 5.74) is 4.06. The quantitative estimate of drug-likeness (QED) is 0.701. The van der Waals surface area contributed by atoms with Crippen LogP contribution in [0.2, 0.25) is 0 Å². The molecule has 0 radical (unpaired) electrons.